The number of aliphatic carboxylic acids is 1. The first-order chi connectivity index (χ1) is 16.5. The molecule has 0 spiro atoms. The Kier molecular flexibility index (Phi) is 8.34. The van der Waals surface area contributed by atoms with Gasteiger partial charge in [0.15, 0.2) is 5.82 Å². The van der Waals surface area contributed by atoms with Gasteiger partial charge in [-0.05, 0) is 80.1 Å². The minimum atomic E-state index is -0.725. The molecule has 1 saturated heterocycles. The van der Waals surface area contributed by atoms with Crippen molar-refractivity contribution in [3.8, 4) is 5.75 Å². The van der Waals surface area contributed by atoms with Crippen LogP contribution in [0.1, 0.15) is 24.8 Å². The van der Waals surface area contributed by atoms with Crippen LogP contribution in [0.4, 0.5) is 4.39 Å². The highest BCUT2D eigenvalue weighted by atomic mass is 32.2. The number of carboxylic acid groups (broad SMARTS) is 1. The molecular formula is C26H30FN3O3S. The molecule has 1 aromatic carbocycles. The maximum absolute atomic E-state index is 13.8. The average molecular weight is 484 g/mol. The molecule has 0 unspecified atom stereocenters. The van der Waals surface area contributed by atoms with Crippen molar-refractivity contribution in [1.29, 1.82) is 0 Å². The van der Waals surface area contributed by atoms with E-state index in [0.29, 0.717) is 17.3 Å². The van der Waals surface area contributed by atoms with E-state index in [1.54, 1.807) is 19.4 Å². The molecule has 1 N–H and O–H groups in total. The van der Waals surface area contributed by atoms with Gasteiger partial charge in [0, 0.05) is 36.6 Å². The smallest absolute Gasteiger partial charge is 0.308 e. The third kappa shape index (κ3) is 6.04. The number of nitrogens with zero attached hydrogens (tertiary/aromatic N) is 3. The number of hydrogen-bond donors (Lipinski definition) is 1. The van der Waals surface area contributed by atoms with Crippen molar-refractivity contribution in [2.24, 2.45) is 11.8 Å². The van der Waals surface area contributed by atoms with Crippen LogP contribution in [0.5, 0.6) is 5.75 Å². The Bertz CT molecular complexity index is 1130. The summed E-state index contributed by atoms with van der Waals surface area (Å²) in [6, 6.07) is 10.9. The number of rotatable bonds is 10. The topological polar surface area (TPSA) is 75.5 Å². The number of halogens is 1. The number of pyridine rings is 2. The Hall–Kier alpha value is -2.71. The lowest BCUT2D eigenvalue weighted by molar-refractivity contribution is -0.146. The van der Waals surface area contributed by atoms with E-state index in [4.69, 9.17) is 4.74 Å². The van der Waals surface area contributed by atoms with E-state index in [1.807, 2.05) is 30.5 Å². The van der Waals surface area contributed by atoms with E-state index in [0.717, 1.165) is 55.4 Å². The van der Waals surface area contributed by atoms with Crippen LogP contribution in [0, 0.1) is 17.7 Å². The van der Waals surface area contributed by atoms with Crippen LogP contribution < -0.4 is 4.74 Å². The number of ether oxygens (including phenoxy) is 1. The Balaban J connectivity index is 1.30. The van der Waals surface area contributed by atoms with Crippen LogP contribution in [0.25, 0.3) is 10.9 Å². The summed E-state index contributed by atoms with van der Waals surface area (Å²) in [5.74, 6) is 0.247. The molecule has 34 heavy (non-hydrogen) atoms. The van der Waals surface area contributed by atoms with Crippen LogP contribution >= 0.6 is 11.8 Å². The number of piperidine rings is 1. The fourth-order valence-corrected chi connectivity index (χ4v) is 5.61. The molecule has 2 aromatic heterocycles. The summed E-state index contributed by atoms with van der Waals surface area (Å²) >= 11 is 1.38. The predicted molar refractivity (Wildman–Crippen MR) is 132 cm³/mol. The normalized spacial score (nSPS) is 18.8. The Morgan fingerprint density at radius 3 is 2.94 bits per heavy atom. The maximum Gasteiger partial charge on any atom is 0.308 e. The number of carboxylic acids is 1. The van der Waals surface area contributed by atoms with Crippen molar-refractivity contribution in [1.82, 2.24) is 14.9 Å². The quantitative estimate of drug-likeness (QED) is 0.411. The maximum atomic E-state index is 13.8. The second-order valence-corrected chi connectivity index (χ2v) is 9.76. The van der Waals surface area contributed by atoms with E-state index in [2.05, 4.69) is 14.9 Å². The molecule has 6 nitrogen and oxygen atoms in total. The minimum Gasteiger partial charge on any atom is -0.497 e. The van der Waals surface area contributed by atoms with Gasteiger partial charge in [-0.15, -0.1) is 11.8 Å². The lowest BCUT2D eigenvalue weighted by atomic mass is 9.81. The van der Waals surface area contributed by atoms with Crippen molar-refractivity contribution < 1.29 is 19.0 Å². The number of hydrogen-bond acceptors (Lipinski definition) is 6. The van der Waals surface area contributed by atoms with Crippen LogP contribution in [0.3, 0.4) is 0 Å². The molecule has 2 atom stereocenters. The minimum absolute atomic E-state index is 0.164. The van der Waals surface area contributed by atoms with Gasteiger partial charge in [-0.2, -0.15) is 0 Å². The first-order valence-corrected chi connectivity index (χ1v) is 12.6. The molecule has 1 aliphatic rings. The largest absolute Gasteiger partial charge is 0.497 e. The molecule has 8 heteroatoms. The third-order valence-corrected chi connectivity index (χ3v) is 7.55. The highest BCUT2D eigenvalue weighted by Gasteiger charge is 2.33. The predicted octanol–water partition coefficient (Wildman–Crippen LogP) is 4.92. The van der Waals surface area contributed by atoms with Crippen molar-refractivity contribution >= 4 is 28.6 Å². The molecule has 1 fully saturated rings. The number of fused-ring (bicyclic) bond motifs is 1. The average Bonchev–Trinajstić information content (AvgIpc) is 2.85. The fourth-order valence-electron chi connectivity index (χ4n) is 4.73. The lowest BCUT2D eigenvalue weighted by Gasteiger charge is -2.36. The summed E-state index contributed by atoms with van der Waals surface area (Å²) in [6.45, 7) is 2.14. The Morgan fingerprint density at radius 1 is 1.26 bits per heavy atom. The van der Waals surface area contributed by atoms with Gasteiger partial charge in [0.1, 0.15) is 10.8 Å². The number of carbonyl (C=O) groups is 1. The Labute approximate surface area is 203 Å². The summed E-state index contributed by atoms with van der Waals surface area (Å²) in [7, 11) is 1.66. The van der Waals surface area contributed by atoms with Gasteiger partial charge in [-0.3, -0.25) is 9.78 Å². The van der Waals surface area contributed by atoms with Crippen molar-refractivity contribution in [2.75, 3.05) is 32.5 Å². The molecule has 1 aliphatic heterocycles. The molecule has 0 amide bonds. The van der Waals surface area contributed by atoms with Crippen LogP contribution in [-0.4, -0.2) is 58.4 Å². The second kappa shape index (κ2) is 11.6. The number of likely N-dealkylation sites (tertiary alicyclic amines) is 1. The van der Waals surface area contributed by atoms with Crippen LogP contribution in [0.2, 0.25) is 0 Å². The van der Waals surface area contributed by atoms with E-state index in [-0.39, 0.29) is 17.7 Å². The number of methoxy groups -OCH3 is 1. The van der Waals surface area contributed by atoms with Crippen molar-refractivity contribution in [3.63, 3.8) is 0 Å². The zero-order chi connectivity index (χ0) is 23.9. The highest BCUT2D eigenvalue weighted by Crippen LogP contribution is 2.30. The zero-order valence-electron chi connectivity index (χ0n) is 19.3. The summed E-state index contributed by atoms with van der Waals surface area (Å²) in [6.07, 6.45) is 6.97. The van der Waals surface area contributed by atoms with Crippen LogP contribution in [0.15, 0.2) is 53.8 Å². The Morgan fingerprint density at radius 2 is 2.15 bits per heavy atom. The number of aryl methyl sites for hydroxylation is 1. The summed E-state index contributed by atoms with van der Waals surface area (Å²) in [5.41, 5.74) is 2.16. The van der Waals surface area contributed by atoms with E-state index in [9.17, 15) is 14.3 Å². The van der Waals surface area contributed by atoms with E-state index < -0.39 is 5.97 Å². The van der Waals surface area contributed by atoms with Crippen molar-refractivity contribution in [2.45, 2.75) is 30.7 Å². The molecule has 0 bridgehead atoms. The van der Waals surface area contributed by atoms with Gasteiger partial charge in [-0.25, -0.2) is 9.37 Å². The zero-order valence-corrected chi connectivity index (χ0v) is 20.1. The number of benzene rings is 1. The van der Waals surface area contributed by atoms with Gasteiger partial charge >= 0.3 is 5.97 Å². The van der Waals surface area contributed by atoms with Gasteiger partial charge in [0.2, 0.25) is 0 Å². The van der Waals surface area contributed by atoms with E-state index >= 15 is 0 Å². The first-order valence-electron chi connectivity index (χ1n) is 11.6. The molecule has 0 saturated carbocycles. The van der Waals surface area contributed by atoms with Gasteiger partial charge in [0.05, 0.1) is 18.5 Å². The SMILES string of the molecule is COc1ccc2nccc(CCC[C@@H]3CCN(CCSc4ncccc4F)C[C@@H]3C(=O)O)c2c1. The molecule has 180 valence electrons. The van der Waals surface area contributed by atoms with Crippen molar-refractivity contribution in [3.05, 3.63) is 60.2 Å². The molecule has 4 rings (SSSR count). The second-order valence-electron chi connectivity index (χ2n) is 8.68. The van der Waals surface area contributed by atoms with E-state index in [1.165, 1.54) is 23.4 Å². The molecule has 3 aromatic rings. The monoisotopic (exact) mass is 483 g/mol. The van der Waals surface area contributed by atoms with Gasteiger partial charge < -0.3 is 14.7 Å². The summed E-state index contributed by atoms with van der Waals surface area (Å²) in [4.78, 5) is 22.7. The van der Waals surface area contributed by atoms with Crippen LogP contribution in [-0.2, 0) is 11.2 Å². The third-order valence-electron chi connectivity index (χ3n) is 6.59. The summed E-state index contributed by atoms with van der Waals surface area (Å²) in [5, 5.41) is 11.4. The fraction of sp³-hybridized carbons (Fsp3) is 0.423. The standard InChI is InChI=1S/C26H30FN3O3S/c1-33-20-7-8-24-21(16-20)18(9-12-28-24)4-2-5-19-10-13-30(17-22(19)26(31)32)14-15-34-25-23(27)6-3-11-29-25/h3,6-9,11-12,16,19,22H,2,4-5,10,13-15,17H2,1H3,(H,31,32)/t19-,22+/m1/s1. The lowest BCUT2D eigenvalue weighted by Crippen LogP contribution is -2.44. The molecule has 3 heterocycles. The highest BCUT2D eigenvalue weighted by molar-refractivity contribution is 7.99. The number of thioether (sulfide) groups is 1. The number of aromatic nitrogens is 2. The molecule has 0 radical (unpaired) electrons. The van der Waals surface area contributed by atoms with Gasteiger partial charge in [0.25, 0.3) is 0 Å². The first kappa shape index (κ1) is 24.4. The molecule has 0 aliphatic carbocycles. The molecular weight excluding hydrogens is 453 g/mol. The van der Waals surface area contributed by atoms with Gasteiger partial charge in [-0.1, -0.05) is 0 Å². The summed E-state index contributed by atoms with van der Waals surface area (Å²) < 4.78 is 19.1.